The Morgan fingerprint density at radius 2 is 2.06 bits per heavy atom. The molecule has 2 aliphatic heterocycles. The number of pyridine rings is 1. The van der Waals surface area contributed by atoms with Crippen LogP contribution in [-0.2, 0) is 17.8 Å². The molecular weight excluding hydrogens is 402 g/mol. The van der Waals surface area contributed by atoms with E-state index >= 15 is 0 Å². The van der Waals surface area contributed by atoms with E-state index in [9.17, 15) is 5.26 Å². The number of anilines is 2. The van der Waals surface area contributed by atoms with Gasteiger partial charge < -0.3 is 20.7 Å². The number of aromatic nitrogens is 2. The molecule has 166 valence electrons. The van der Waals surface area contributed by atoms with Gasteiger partial charge in [0.1, 0.15) is 11.8 Å². The van der Waals surface area contributed by atoms with Crippen molar-refractivity contribution < 1.29 is 4.74 Å². The van der Waals surface area contributed by atoms with E-state index in [-0.39, 0.29) is 12.2 Å². The molecule has 2 aromatic heterocycles. The molecule has 3 aromatic rings. The van der Waals surface area contributed by atoms with Gasteiger partial charge in [-0.05, 0) is 48.4 Å². The van der Waals surface area contributed by atoms with Crippen molar-refractivity contribution in [1.82, 2.24) is 14.5 Å². The standard InChI is InChI=1S/C24H29N7O/c1-17-12-30(23-5-4-21(11-26)31-24(23)6-8-28-31)16-22(32-17)15-29-13-18-2-3-20(27-9-7-25)10-19(18)14-29/h2-6,8,10,17,22,27H,7,9,12-16,25H2,1H3/t17-,22+/m0/s1. The molecular formula is C24H29N7O. The van der Waals surface area contributed by atoms with E-state index in [1.807, 2.05) is 18.2 Å². The lowest BCUT2D eigenvalue weighted by Crippen LogP contribution is -2.50. The summed E-state index contributed by atoms with van der Waals surface area (Å²) in [6.45, 7) is 7.94. The molecule has 3 N–H and O–H groups in total. The number of benzene rings is 1. The molecule has 2 aliphatic rings. The Balaban J connectivity index is 1.29. The van der Waals surface area contributed by atoms with E-state index < -0.39 is 0 Å². The first-order valence-corrected chi connectivity index (χ1v) is 11.2. The lowest BCUT2D eigenvalue weighted by molar-refractivity contribution is -0.0329. The number of fused-ring (bicyclic) bond motifs is 2. The van der Waals surface area contributed by atoms with Crippen LogP contribution >= 0.6 is 0 Å². The Kier molecular flexibility index (Phi) is 5.70. The third-order valence-corrected chi connectivity index (χ3v) is 6.24. The summed E-state index contributed by atoms with van der Waals surface area (Å²) in [5, 5.41) is 17.1. The van der Waals surface area contributed by atoms with Crippen molar-refractivity contribution in [3.8, 4) is 6.07 Å². The van der Waals surface area contributed by atoms with E-state index in [4.69, 9.17) is 10.5 Å². The second-order valence-corrected chi connectivity index (χ2v) is 8.69. The molecule has 8 heteroatoms. The fourth-order valence-electron chi connectivity index (χ4n) is 4.91. The zero-order valence-corrected chi connectivity index (χ0v) is 18.4. The van der Waals surface area contributed by atoms with Crippen LogP contribution in [0.1, 0.15) is 23.7 Å². The van der Waals surface area contributed by atoms with E-state index in [1.54, 1.807) is 10.7 Å². The molecule has 1 saturated heterocycles. The quantitative estimate of drug-likeness (QED) is 0.618. The Morgan fingerprint density at radius 3 is 2.91 bits per heavy atom. The minimum absolute atomic E-state index is 0.113. The summed E-state index contributed by atoms with van der Waals surface area (Å²) in [4.78, 5) is 4.83. The molecule has 1 fully saturated rings. The van der Waals surface area contributed by atoms with Crippen molar-refractivity contribution in [2.45, 2.75) is 32.2 Å². The Morgan fingerprint density at radius 1 is 1.19 bits per heavy atom. The first-order valence-electron chi connectivity index (χ1n) is 11.2. The molecule has 0 radical (unpaired) electrons. The van der Waals surface area contributed by atoms with Crippen LogP contribution in [0, 0.1) is 11.3 Å². The van der Waals surface area contributed by atoms with Gasteiger partial charge in [-0.25, -0.2) is 4.52 Å². The van der Waals surface area contributed by atoms with Crippen molar-refractivity contribution in [3.63, 3.8) is 0 Å². The number of hydrogen-bond donors (Lipinski definition) is 2. The summed E-state index contributed by atoms with van der Waals surface area (Å²) in [5.74, 6) is 0. The van der Waals surface area contributed by atoms with E-state index in [0.29, 0.717) is 12.2 Å². The smallest absolute Gasteiger partial charge is 0.142 e. The van der Waals surface area contributed by atoms with Crippen LogP contribution in [0.25, 0.3) is 5.52 Å². The highest BCUT2D eigenvalue weighted by Gasteiger charge is 2.30. The number of hydrogen-bond acceptors (Lipinski definition) is 7. The lowest BCUT2D eigenvalue weighted by Gasteiger charge is -2.39. The molecule has 0 bridgehead atoms. The second-order valence-electron chi connectivity index (χ2n) is 8.69. The van der Waals surface area contributed by atoms with Crippen LogP contribution in [0.15, 0.2) is 42.6 Å². The number of ether oxygens (including phenoxy) is 1. The average molecular weight is 432 g/mol. The summed E-state index contributed by atoms with van der Waals surface area (Å²) in [5.41, 5.74) is 12.1. The normalized spacial score (nSPS) is 21.0. The van der Waals surface area contributed by atoms with Crippen molar-refractivity contribution in [2.24, 2.45) is 5.73 Å². The third-order valence-electron chi connectivity index (χ3n) is 6.24. The van der Waals surface area contributed by atoms with Gasteiger partial charge in [0.05, 0.1) is 29.6 Å². The van der Waals surface area contributed by atoms with Crippen LogP contribution in [0.3, 0.4) is 0 Å². The maximum atomic E-state index is 9.37. The van der Waals surface area contributed by atoms with Gasteiger partial charge in [0.25, 0.3) is 0 Å². The molecule has 0 unspecified atom stereocenters. The van der Waals surface area contributed by atoms with Crippen LogP contribution in [0.2, 0.25) is 0 Å². The predicted octanol–water partition coefficient (Wildman–Crippen LogP) is 2.19. The Bertz CT molecular complexity index is 1150. The molecule has 5 rings (SSSR count). The number of nitriles is 1. The van der Waals surface area contributed by atoms with Crippen molar-refractivity contribution >= 4 is 16.9 Å². The van der Waals surface area contributed by atoms with Crippen LogP contribution < -0.4 is 16.0 Å². The maximum Gasteiger partial charge on any atom is 0.142 e. The highest BCUT2D eigenvalue weighted by Crippen LogP contribution is 2.29. The van der Waals surface area contributed by atoms with Gasteiger partial charge in [-0.2, -0.15) is 10.4 Å². The summed E-state index contributed by atoms with van der Waals surface area (Å²) >= 11 is 0. The predicted molar refractivity (Wildman–Crippen MR) is 125 cm³/mol. The number of nitrogens with zero attached hydrogens (tertiary/aromatic N) is 5. The van der Waals surface area contributed by atoms with Gasteiger partial charge >= 0.3 is 0 Å². The summed E-state index contributed by atoms with van der Waals surface area (Å²) in [7, 11) is 0. The summed E-state index contributed by atoms with van der Waals surface area (Å²) < 4.78 is 8.05. The number of morpholine rings is 1. The van der Waals surface area contributed by atoms with E-state index in [0.717, 1.165) is 56.2 Å². The van der Waals surface area contributed by atoms with Gasteiger partial charge in [0, 0.05) is 51.5 Å². The third kappa shape index (κ3) is 4.02. The fourth-order valence-corrected chi connectivity index (χ4v) is 4.91. The first-order chi connectivity index (χ1) is 15.6. The van der Waals surface area contributed by atoms with Gasteiger partial charge in [0.2, 0.25) is 0 Å². The van der Waals surface area contributed by atoms with Crippen LogP contribution in [-0.4, -0.2) is 59.4 Å². The molecule has 0 amide bonds. The number of nitrogens with two attached hydrogens (primary N) is 1. The Labute approximate surface area is 188 Å². The van der Waals surface area contributed by atoms with Crippen molar-refractivity contribution in [3.05, 3.63) is 59.4 Å². The topological polar surface area (TPSA) is 94.9 Å². The molecule has 1 aromatic carbocycles. The SMILES string of the molecule is C[C@H]1CN(c2ccc(C#N)n3nccc23)C[C@@H](CN2Cc3ccc(NCCN)cc3C2)O1. The number of nitrogens with one attached hydrogen (secondary N) is 1. The summed E-state index contributed by atoms with van der Waals surface area (Å²) in [6.07, 6.45) is 1.99. The second kappa shape index (κ2) is 8.79. The molecule has 0 saturated carbocycles. The van der Waals surface area contributed by atoms with Gasteiger partial charge in [-0.15, -0.1) is 0 Å². The zero-order chi connectivity index (χ0) is 22.1. The summed E-state index contributed by atoms with van der Waals surface area (Å²) in [6, 6.07) is 14.7. The minimum atomic E-state index is 0.113. The largest absolute Gasteiger partial charge is 0.384 e. The van der Waals surface area contributed by atoms with Crippen LogP contribution in [0.4, 0.5) is 11.4 Å². The fraction of sp³-hybridized carbons (Fsp3) is 0.417. The van der Waals surface area contributed by atoms with Crippen molar-refractivity contribution in [1.29, 1.82) is 5.26 Å². The highest BCUT2D eigenvalue weighted by molar-refractivity contribution is 5.74. The zero-order valence-electron chi connectivity index (χ0n) is 18.4. The van der Waals surface area contributed by atoms with Gasteiger partial charge in [0.15, 0.2) is 0 Å². The number of rotatable bonds is 6. The van der Waals surface area contributed by atoms with Gasteiger partial charge in [-0.3, -0.25) is 4.90 Å². The molecule has 2 atom stereocenters. The molecule has 8 nitrogen and oxygen atoms in total. The molecule has 4 heterocycles. The Hall–Kier alpha value is -3.12. The van der Waals surface area contributed by atoms with Gasteiger partial charge in [-0.1, -0.05) is 6.07 Å². The molecule has 0 aliphatic carbocycles. The van der Waals surface area contributed by atoms with E-state index in [2.05, 4.69) is 51.4 Å². The maximum absolute atomic E-state index is 9.37. The average Bonchev–Trinajstić information content (AvgIpc) is 3.43. The lowest BCUT2D eigenvalue weighted by atomic mass is 10.1. The van der Waals surface area contributed by atoms with Crippen molar-refractivity contribution in [2.75, 3.05) is 42.9 Å². The molecule has 32 heavy (non-hydrogen) atoms. The minimum Gasteiger partial charge on any atom is -0.384 e. The first kappa shape index (κ1) is 20.8. The monoisotopic (exact) mass is 431 g/mol. The van der Waals surface area contributed by atoms with Crippen LogP contribution in [0.5, 0.6) is 0 Å². The molecule has 0 spiro atoms. The highest BCUT2D eigenvalue weighted by atomic mass is 16.5. The van der Waals surface area contributed by atoms with E-state index in [1.165, 1.54) is 11.1 Å².